The van der Waals surface area contributed by atoms with Crippen molar-refractivity contribution in [3.8, 4) is 0 Å². The van der Waals surface area contributed by atoms with Crippen LogP contribution >= 0.6 is 0 Å². The molecule has 0 bridgehead atoms. The van der Waals surface area contributed by atoms with Crippen LogP contribution in [-0.2, 0) is 4.74 Å². The molecular formula is C14H17NO5. The van der Waals surface area contributed by atoms with Crippen LogP contribution in [0.25, 0.3) is 0 Å². The standard InChI is InChI=1S/C14H17NO5/c16-13(11-3-4-12(20-11)14(17)18)15(10-1-2-10)7-9-5-6-19-8-9/h3-4,9-10H,1-2,5-8H2,(H,17,18). The van der Waals surface area contributed by atoms with Crippen molar-refractivity contribution in [3.63, 3.8) is 0 Å². The quantitative estimate of drug-likeness (QED) is 0.885. The lowest BCUT2D eigenvalue weighted by atomic mass is 10.1. The normalized spacial score (nSPS) is 21.9. The lowest BCUT2D eigenvalue weighted by molar-refractivity contribution is 0.0637. The van der Waals surface area contributed by atoms with Crippen LogP contribution < -0.4 is 0 Å². The Hall–Kier alpha value is -1.82. The Labute approximate surface area is 116 Å². The molecule has 0 radical (unpaired) electrons. The number of hydrogen-bond donors (Lipinski definition) is 1. The maximum atomic E-state index is 12.4. The minimum absolute atomic E-state index is 0.105. The van der Waals surface area contributed by atoms with Crippen molar-refractivity contribution in [1.82, 2.24) is 4.90 Å². The SMILES string of the molecule is O=C(O)c1ccc(C(=O)N(CC2CCOC2)C2CC2)o1. The molecule has 20 heavy (non-hydrogen) atoms. The van der Waals surface area contributed by atoms with Gasteiger partial charge in [0.1, 0.15) is 0 Å². The van der Waals surface area contributed by atoms with Gasteiger partial charge in [0.2, 0.25) is 5.76 Å². The molecule has 2 fully saturated rings. The van der Waals surface area contributed by atoms with Gasteiger partial charge in [-0.3, -0.25) is 4.79 Å². The van der Waals surface area contributed by atoms with Crippen LogP contribution in [0.3, 0.4) is 0 Å². The zero-order chi connectivity index (χ0) is 14.1. The highest BCUT2D eigenvalue weighted by Crippen LogP contribution is 2.30. The van der Waals surface area contributed by atoms with E-state index in [1.165, 1.54) is 12.1 Å². The first-order valence-corrected chi connectivity index (χ1v) is 6.87. The Morgan fingerprint density at radius 1 is 1.25 bits per heavy atom. The van der Waals surface area contributed by atoms with E-state index in [4.69, 9.17) is 14.3 Å². The molecule has 2 aliphatic rings. The van der Waals surface area contributed by atoms with E-state index >= 15 is 0 Å². The monoisotopic (exact) mass is 279 g/mol. The Morgan fingerprint density at radius 2 is 2.00 bits per heavy atom. The van der Waals surface area contributed by atoms with Gasteiger partial charge in [-0.1, -0.05) is 0 Å². The topological polar surface area (TPSA) is 80.0 Å². The van der Waals surface area contributed by atoms with Gasteiger partial charge in [-0.2, -0.15) is 0 Å². The summed E-state index contributed by atoms with van der Waals surface area (Å²) < 4.78 is 10.4. The Morgan fingerprint density at radius 3 is 2.55 bits per heavy atom. The lowest BCUT2D eigenvalue weighted by Crippen LogP contribution is -2.37. The molecule has 2 heterocycles. The van der Waals surface area contributed by atoms with Crippen LogP contribution in [0.5, 0.6) is 0 Å². The predicted octanol–water partition coefficient (Wildman–Crippen LogP) is 1.62. The van der Waals surface area contributed by atoms with Crippen molar-refractivity contribution in [1.29, 1.82) is 0 Å². The number of nitrogens with zero attached hydrogens (tertiary/aromatic N) is 1. The summed E-state index contributed by atoms with van der Waals surface area (Å²) in [6, 6.07) is 3.02. The Kier molecular flexibility index (Phi) is 3.48. The van der Waals surface area contributed by atoms with E-state index in [1.54, 1.807) is 0 Å². The summed E-state index contributed by atoms with van der Waals surface area (Å²) >= 11 is 0. The molecule has 1 N–H and O–H groups in total. The summed E-state index contributed by atoms with van der Waals surface area (Å²) in [5.74, 6) is -1.10. The largest absolute Gasteiger partial charge is 0.475 e. The fourth-order valence-electron chi connectivity index (χ4n) is 2.50. The van der Waals surface area contributed by atoms with Crippen molar-refractivity contribution in [3.05, 3.63) is 23.7 Å². The number of rotatable bonds is 5. The van der Waals surface area contributed by atoms with Crippen LogP contribution in [0.2, 0.25) is 0 Å². The summed E-state index contributed by atoms with van der Waals surface area (Å²) in [5.41, 5.74) is 0. The number of ether oxygens (including phenoxy) is 1. The van der Waals surface area contributed by atoms with Gasteiger partial charge < -0.3 is 19.2 Å². The fraction of sp³-hybridized carbons (Fsp3) is 0.571. The molecule has 1 aliphatic heterocycles. The van der Waals surface area contributed by atoms with Crippen LogP contribution in [0.4, 0.5) is 0 Å². The van der Waals surface area contributed by atoms with Gasteiger partial charge >= 0.3 is 5.97 Å². The van der Waals surface area contributed by atoms with Gasteiger partial charge in [-0.15, -0.1) is 0 Å². The lowest BCUT2D eigenvalue weighted by Gasteiger charge is -2.24. The van der Waals surface area contributed by atoms with Crippen molar-refractivity contribution < 1.29 is 23.8 Å². The maximum absolute atomic E-state index is 12.4. The molecule has 3 rings (SSSR count). The zero-order valence-electron chi connectivity index (χ0n) is 11.1. The molecule has 1 amide bonds. The third-order valence-corrected chi connectivity index (χ3v) is 3.75. The molecule has 108 valence electrons. The number of furan rings is 1. The van der Waals surface area contributed by atoms with Crippen molar-refractivity contribution in [2.75, 3.05) is 19.8 Å². The first kappa shape index (κ1) is 13.2. The molecule has 6 nitrogen and oxygen atoms in total. The third-order valence-electron chi connectivity index (χ3n) is 3.75. The second-order valence-corrected chi connectivity index (χ2v) is 5.39. The fourth-order valence-corrected chi connectivity index (χ4v) is 2.50. The first-order chi connectivity index (χ1) is 9.65. The highest BCUT2D eigenvalue weighted by atomic mass is 16.5. The maximum Gasteiger partial charge on any atom is 0.371 e. The van der Waals surface area contributed by atoms with Crippen LogP contribution in [0.1, 0.15) is 40.4 Å². The second-order valence-electron chi connectivity index (χ2n) is 5.39. The second kappa shape index (κ2) is 5.28. The van der Waals surface area contributed by atoms with Crippen molar-refractivity contribution >= 4 is 11.9 Å². The number of aromatic carboxylic acids is 1. The first-order valence-electron chi connectivity index (χ1n) is 6.87. The molecular weight excluding hydrogens is 262 g/mol. The molecule has 1 aliphatic carbocycles. The molecule has 1 aromatic heterocycles. The van der Waals surface area contributed by atoms with E-state index in [-0.39, 0.29) is 23.5 Å². The minimum Gasteiger partial charge on any atom is -0.475 e. The smallest absolute Gasteiger partial charge is 0.371 e. The van der Waals surface area contributed by atoms with Gasteiger partial charge in [-0.05, 0) is 31.4 Å². The van der Waals surface area contributed by atoms with Gasteiger partial charge in [0.05, 0.1) is 6.61 Å². The summed E-state index contributed by atoms with van der Waals surface area (Å²) in [6.45, 7) is 2.10. The van der Waals surface area contributed by atoms with E-state index in [0.29, 0.717) is 19.1 Å². The number of hydrogen-bond acceptors (Lipinski definition) is 4. The number of carbonyl (C=O) groups is 2. The number of carboxylic acids is 1. The predicted molar refractivity (Wildman–Crippen MR) is 68.7 cm³/mol. The minimum atomic E-state index is -1.16. The molecule has 6 heteroatoms. The van der Waals surface area contributed by atoms with Crippen LogP contribution in [-0.4, -0.2) is 47.7 Å². The zero-order valence-corrected chi connectivity index (χ0v) is 11.1. The van der Waals surface area contributed by atoms with Crippen molar-refractivity contribution in [2.45, 2.75) is 25.3 Å². The third kappa shape index (κ3) is 2.70. The van der Waals surface area contributed by atoms with Gasteiger partial charge in [0, 0.05) is 25.1 Å². The molecule has 1 unspecified atom stereocenters. The molecule has 1 saturated carbocycles. The molecule has 0 aromatic carbocycles. The molecule has 0 spiro atoms. The Bertz CT molecular complexity index is 513. The highest BCUT2D eigenvalue weighted by Gasteiger charge is 2.36. The van der Waals surface area contributed by atoms with E-state index in [9.17, 15) is 9.59 Å². The van der Waals surface area contributed by atoms with E-state index < -0.39 is 5.97 Å². The van der Waals surface area contributed by atoms with E-state index in [1.807, 2.05) is 4.90 Å². The van der Waals surface area contributed by atoms with Gasteiger partial charge in [-0.25, -0.2) is 4.79 Å². The number of amides is 1. The average Bonchev–Trinajstić information content (AvgIpc) is 2.95. The van der Waals surface area contributed by atoms with Crippen LogP contribution in [0.15, 0.2) is 16.5 Å². The highest BCUT2D eigenvalue weighted by molar-refractivity contribution is 5.93. The number of carbonyl (C=O) groups excluding carboxylic acids is 1. The molecule has 1 aromatic rings. The van der Waals surface area contributed by atoms with Gasteiger partial charge in [0.15, 0.2) is 5.76 Å². The summed E-state index contributed by atoms with van der Waals surface area (Å²) in [4.78, 5) is 25.1. The molecule has 1 saturated heterocycles. The van der Waals surface area contributed by atoms with Gasteiger partial charge in [0.25, 0.3) is 5.91 Å². The average molecular weight is 279 g/mol. The van der Waals surface area contributed by atoms with E-state index in [0.717, 1.165) is 25.9 Å². The summed E-state index contributed by atoms with van der Waals surface area (Å²) in [6.07, 6.45) is 2.98. The van der Waals surface area contributed by atoms with Crippen LogP contribution in [0, 0.1) is 5.92 Å². The number of carboxylic acid groups (broad SMARTS) is 1. The Balaban J connectivity index is 1.72. The molecule has 1 atom stereocenters. The summed E-state index contributed by atoms with van der Waals surface area (Å²) in [7, 11) is 0. The van der Waals surface area contributed by atoms with E-state index in [2.05, 4.69) is 0 Å². The summed E-state index contributed by atoms with van der Waals surface area (Å²) in [5, 5.41) is 8.83. The van der Waals surface area contributed by atoms with Crippen molar-refractivity contribution in [2.24, 2.45) is 5.92 Å².